The van der Waals surface area contributed by atoms with Crippen molar-refractivity contribution in [2.45, 2.75) is 0 Å². The van der Waals surface area contributed by atoms with Crippen LogP contribution in [0.15, 0.2) is 20.9 Å². The molecule has 1 aliphatic heterocycles. The topological polar surface area (TPSA) is 64.8 Å². The van der Waals surface area contributed by atoms with E-state index in [2.05, 4.69) is 20.2 Å². The second-order valence-electron chi connectivity index (χ2n) is 1.44. The van der Waals surface area contributed by atoms with E-state index in [0.717, 1.165) is 0 Å². The van der Waals surface area contributed by atoms with Gasteiger partial charge in [-0.3, -0.25) is 0 Å². The summed E-state index contributed by atoms with van der Waals surface area (Å²) < 4.78 is 4.77. The third kappa shape index (κ3) is 0.543. The van der Waals surface area contributed by atoms with Gasteiger partial charge in [-0.25, -0.2) is 0 Å². The van der Waals surface area contributed by atoms with Gasteiger partial charge in [0.05, 0.1) is 5.11 Å². The van der Waals surface area contributed by atoms with Crippen LogP contribution in [0.3, 0.4) is 0 Å². The van der Waals surface area contributed by atoms with Gasteiger partial charge in [-0.1, -0.05) is 0 Å². The Morgan fingerprint density at radius 3 is 3.44 bits per heavy atom. The summed E-state index contributed by atoms with van der Waals surface area (Å²) >= 11 is 0. The predicted octanol–water partition coefficient (Wildman–Crippen LogP) is 0.767. The number of aromatic nitrogens is 1. The van der Waals surface area contributed by atoms with Gasteiger partial charge in [0, 0.05) is 5.11 Å². The molecule has 5 heteroatoms. The number of azo groups is 1. The van der Waals surface area contributed by atoms with Crippen LogP contribution in [-0.4, -0.2) is 11.3 Å². The Bertz CT molecular complexity index is 247. The lowest BCUT2D eigenvalue weighted by molar-refractivity contribution is 0.561. The van der Waals surface area contributed by atoms with Crippen molar-refractivity contribution in [3.05, 3.63) is 6.39 Å². The van der Waals surface area contributed by atoms with E-state index in [1.54, 1.807) is 0 Å². The molecule has 0 aliphatic carbocycles. The van der Waals surface area contributed by atoms with Gasteiger partial charge in [-0.15, -0.1) is 0 Å². The van der Waals surface area contributed by atoms with E-state index in [1.165, 1.54) is 12.7 Å². The van der Waals surface area contributed by atoms with Gasteiger partial charge in [0.25, 0.3) is 0 Å². The van der Waals surface area contributed by atoms with E-state index in [0.29, 0.717) is 11.7 Å². The van der Waals surface area contributed by atoms with E-state index in [4.69, 9.17) is 4.42 Å². The minimum absolute atomic E-state index is 0.373. The van der Waals surface area contributed by atoms with Crippen LogP contribution in [0.5, 0.6) is 0 Å². The molecule has 0 atom stereocenters. The Morgan fingerprint density at radius 1 is 1.56 bits per heavy atom. The molecule has 0 saturated heterocycles. The van der Waals surface area contributed by atoms with Crippen LogP contribution in [0, 0.1) is 0 Å². The Balaban J connectivity index is 2.68. The highest BCUT2D eigenvalue weighted by Gasteiger charge is 2.16. The molecule has 1 aliphatic rings. The van der Waals surface area contributed by atoms with E-state index in [-0.39, 0.29) is 0 Å². The molecule has 0 unspecified atom stereocenters. The largest absolute Gasteiger partial charge is 0.419 e. The molecule has 0 aromatic carbocycles. The van der Waals surface area contributed by atoms with Crippen LogP contribution in [0.25, 0.3) is 0 Å². The number of rotatable bonds is 0. The molecule has 1 aromatic rings. The van der Waals surface area contributed by atoms with Crippen molar-refractivity contribution in [1.29, 1.82) is 0 Å². The Morgan fingerprint density at radius 2 is 2.56 bits per heavy atom. The SMILES string of the molecule is C1=Nc2ncoc2N=[N+]1. The molecule has 9 heavy (non-hydrogen) atoms. The predicted molar refractivity (Wildman–Crippen MR) is 28.9 cm³/mol. The zero-order chi connectivity index (χ0) is 6.10. The number of hydrogen-bond acceptors (Lipinski definition) is 5. The maximum Gasteiger partial charge on any atom is 0.358 e. The van der Waals surface area contributed by atoms with Gasteiger partial charge in [0.1, 0.15) is 0 Å². The van der Waals surface area contributed by atoms with E-state index < -0.39 is 0 Å². The van der Waals surface area contributed by atoms with Crippen LogP contribution in [0.4, 0.5) is 11.7 Å². The van der Waals surface area contributed by atoms with Gasteiger partial charge < -0.3 is 4.42 Å². The van der Waals surface area contributed by atoms with Gasteiger partial charge >= 0.3 is 18.0 Å². The second-order valence-corrected chi connectivity index (χ2v) is 1.44. The minimum Gasteiger partial charge on any atom is -0.419 e. The summed E-state index contributed by atoms with van der Waals surface area (Å²) in [5.41, 5.74) is 0. The van der Waals surface area contributed by atoms with Gasteiger partial charge in [0.15, 0.2) is 6.39 Å². The maximum absolute atomic E-state index is 4.77. The van der Waals surface area contributed by atoms with Crippen molar-refractivity contribution >= 4 is 18.0 Å². The lowest BCUT2D eigenvalue weighted by atomic mass is 10.7. The highest BCUT2D eigenvalue weighted by Crippen LogP contribution is 2.25. The third-order valence-electron chi connectivity index (χ3n) is 0.911. The normalized spacial score (nSPS) is 13.8. The summed E-state index contributed by atoms with van der Waals surface area (Å²) in [5.74, 6) is 0.863. The van der Waals surface area contributed by atoms with Crippen LogP contribution in [0.1, 0.15) is 0 Å². The van der Waals surface area contributed by atoms with Gasteiger partial charge in [-0.2, -0.15) is 4.98 Å². The van der Waals surface area contributed by atoms with Crippen LogP contribution >= 0.6 is 0 Å². The Hall–Kier alpha value is -1.52. The number of aliphatic imine (C=N–C) groups is 1. The van der Waals surface area contributed by atoms with E-state index in [1.807, 2.05) is 0 Å². The molecule has 2 rings (SSSR count). The van der Waals surface area contributed by atoms with Gasteiger partial charge in [-0.05, 0) is 4.99 Å². The van der Waals surface area contributed by atoms with Crippen molar-refractivity contribution in [3.63, 3.8) is 0 Å². The first kappa shape index (κ1) is 4.37. The van der Waals surface area contributed by atoms with Crippen molar-refractivity contribution in [2.75, 3.05) is 0 Å². The molecule has 2 heterocycles. The fraction of sp³-hybridized carbons (Fsp3) is 0. The fourth-order valence-corrected chi connectivity index (χ4v) is 0.550. The monoisotopic (exact) mass is 122 g/mol. The number of nitrogens with zero attached hydrogens (tertiary/aromatic N) is 4. The molecule has 1 aromatic heterocycles. The summed E-state index contributed by atoms with van der Waals surface area (Å²) in [4.78, 5) is 7.50. The minimum atomic E-state index is 0.373. The van der Waals surface area contributed by atoms with E-state index >= 15 is 0 Å². The Kier molecular flexibility index (Phi) is 0.717. The Labute approximate surface area is 50.1 Å². The first-order valence-corrected chi connectivity index (χ1v) is 2.34. The summed E-state index contributed by atoms with van der Waals surface area (Å²) in [6.45, 7) is 0. The lowest BCUT2D eigenvalue weighted by Crippen LogP contribution is -1.84. The standard InChI is InChI=1S/C4H2N4O/c1-5-3-4(8-7-1)9-2-6-3/h1-2H/q+1. The second kappa shape index (κ2) is 1.48. The molecule has 5 nitrogen and oxygen atoms in total. The molecule has 0 N–H and O–H groups in total. The number of fused-ring (bicyclic) bond motifs is 1. The molecule has 1 radical (unpaired) electrons. The number of hydrogen-bond donors (Lipinski definition) is 0. The smallest absolute Gasteiger partial charge is 0.358 e. The molecule has 0 saturated carbocycles. The highest BCUT2D eigenvalue weighted by atomic mass is 16.4. The first-order valence-electron chi connectivity index (χ1n) is 2.34. The molecule has 0 spiro atoms. The van der Waals surface area contributed by atoms with E-state index in [9.17, 15) is 0 Å². The molecule has 0 fully saturated rings. The first-order chi connectivity index (χ1) is 4.47. The zero-order valence-corrected chi connectivity index (χ0v) is 4.35. The molecule has 43 valence electrons. The average molecular weight is 122 g/mol. The highest BCUT2D eigenvalue weighted by molar-refractivity contribution is 5.64. The summed E-state index contributed by atoms with van der Waals surface area (Å²) in [6.07, 6.45) is 2.61. The molecular formula is C4H2N4O+. The van der Waals surface area contributed by atoms with Crippen LogP contribution in [-0.2, 0) is 0 Å². The third-order valence-corrected chi connectivity index (χ3v) is 0.911. The summed E-state index contributed by atoms with van der Waals surface area (Å²) in [5, 5.41) is 7.09. The van der Waals surface area contributed by atoms with Crippen molar-refractivity contribution in [2.24, 2.45) is 10.1 Å². The van der Waals surface area contributed by atoms with Crippen LogP contribution < -0.4 is 5.11 Å². The molecule has 0 amide bonds. The summed E-state index contributed by atoms with van der Waals surface area (Å²) in [7, 11) is 0. The lowest BCUT2D eigenvalue weighted by Gasteiger charge is -1.75. The maximum atomic E-state index is 4.77. The molecular weight excluding hydrogens is 120 g/mol. The van der Waals surface area contributed by atoms with Crippen molar-refractivity contribution in [1.82, 2.24) is 10.1 Å². The quantitative estimate of drug-likeness (QED) is 0.510. The van der Waals surface area contributed by atoms with Crippen molar-refractivity contribution < 1.29 is 4.42 Å². The average Bonchev–Trinajstić information content (AvgIpc) is 2.33. The number of oxazole rings is 1. The summed E-state index contributed by atoms with van der Waals surface area (Å²) in [6, 6.07) is 0. The molecule has 0 bridgehead atoms. The van der Waals surface area contributed by atoms with Crippen LogP contribution in [0.2, 0.25) is 0 Å². The van der Waals surface area contributed by atoms with Gasteiger partial charge in [0.2, 0.25) is 0 Å². The van der Waals surface area contributed by atoms with Crippen molar-refractivity contribution in [3.8, 4) is 0 Å². The fourth-order valence-electron chi connectivity index (χ4n) is 0.550. The zero-order valence-electron chi connectivity index (χ0n) is 4.35.